The number of carbonyl (C=O) groups is 2. The molecule has 5 rings (SSSR count). The summed E-state index contributed by atoms with van der Waals surface area (Å²) in [5, 5.41) is 14.9. The zero-order valence-electron chi connectivity index (χ0n) is 22.6. The highest BCUT2D eigenvalue weighted by molar-refractivity contribution is 5.91. The number of nitrogens with zero attached hydrogens (tertiary/aromatic N) is 6. The summed E-state index contributed by atoms with van der Waals surface area (Å²) in [5.74, 6) is -2.79. The van der Waals surface area contributed by atoms with Crippen molar-refractivity contribution in [2.75, 3.05) is 0 Å². The van der Waals surface area contributed by atoms with E-state index >= 15 is 0 Å². The van der Waals surface area contributed by atoms with Crippen LogP contribution in [0.1, 0.15) is 112 Å². The fraction of sp³-hybridized carbons (Fsp3) is 0.630. The van der Waals surface area contributed by atoms with Crippen LogP contribution in [0.5, 0.6) is 0 Å². The summed E-state index contributed by atoms with van der Waals surface area (Å²) in [7, 11) is 0. The number of hydrogen-bond acceptors (Lipinski definition) is 6. The summed E-state index contributed by atoms with van der Waals surface area (Å²) in [5.41, 5.74) is 2.01. The minimum atomic E-state index is -2.70. The average molecular weight is 543 g/mol. The van der Waals surface area contributed by atoms with Crippen molar-refractivity contribution in [3.05, 3.63) is 41.9 Å². The lowest BCUT2D eigenvalue weighted by Gasteiger charge is -2.33. The lowest BCUT2D eigenvalue weighted by Crippen LogP contribution is -2.38. The second kappa shape index (κ2) is 11.0. The Bertz CT molecular complexity index is 1320. The standard InChI is InChI=1S/C27H36F2N8O2/c1-4-5-22(38)34-23(17-6-7-17)19-12-21-33-20(14-36(21)31-13-19)24(18-8-10-27(28,29)11-9-18)35-26(39)25-30-15-32-37(25)16(2)3/h12-18,23-24H,4-11H2,1-3H3,(H,34,38)(H,35,39)/t23-,24+/m1/s1. The predicted molar refractivity (Wildman–Crippen MR) is 139 cm³/mol. The molecule has 2 atom stereocenters. The first-order valence-corrected chi connectivity index (χ1v) is 13.9. The Labute approximate surface area is 226 Å². The minimum Gasteiger partial charge on any atom is -0.349 e. The highest BCUT2D eigenvalue weighted by Gasteiger charge is 2.40. The lowest BCUT2D eigenvalue weighted by molar-refractivity contribution is -0.122. The van der Waals surface area contributed by atoms with E-state index in [0.717, 1.165) is 24.8 Å². The van der Waals surface area contributed by atoms with Crippen LogP contribution >= 0.6 is 0 Å². The van der Waals surface area contributed by atoms with Crippen LogP contribution in [0.15, 0.2) is 24.8 Å². The highest BCUT2D eigenvalue weighted by Crippen LogP contribution is 2.42. The van der Waals surface area contributed by atoms with Crippen molar-refractivity contribution < 1.29 is 18.4 Å². The number of nitrogens with one attached hydrogen (secondary N) is 2. The number of alkyl halides is 2. The second-order valence-corrected chi connectivity index (χ2v) is 11.2. The van der Waals surface area contributed by atoms with Crippen molar-refractivity contribution >= 4 is 17.5 Å². The average Bonchev–Trinajstić information content (AvgIpc) is 3.44. The van der Waals surface area contributed by atoms with Crippen LogP contribution < -0.4 is 10.6 Å². The van der Waals surface area contributed by atoms with E-state index in [1.807, 2.05) is 26.8 Å². The molecular weight excluding hydrogens is 506 g/mol. The molecule has 0 bridgehead atoms. The number of rotatable bonds is 10. The molecule has 2 fully saturated rings. The normalized spacial score (nSPS) is 19.2. The van der Waals surface area contributed by atoms with Gasteiger partial charge in [0.1, 0.15) is 6.33 Å². The van der Waals surface area contributed by atoms with Crippen molar-refractivity contribution in [2.45, 2.75) is 96.2 Å². The quantitative estimate of drug-likeness (QED) is 0.388. The summed E-state index contributed by atoms with van der Waals surface area (Å²) in [6, 6.07) is 1.12. The Morgan fingerprint density at radius 3 is 2.46 bits per heavy atom. The largest absolute Gasteiger partial charge is 0.349 e. The number of hydrogen-bond donors (Lipinski definition) is 2. The Morgan fingerprint density at radius 2 is 1.79 bits per heavy atom. The predicted octanol–water partition coefficient (Wildman–Crippen LogP) is 4.57. The molecule has 10 nitrogen and oxygen atoms in total. The third-order valence-electron chi connectivity index (χ3n) is 7.71. The molecule has 0 aliphatic heterocycles. The molecule has 2 aliphatic carbocycles. The topological polar surface area (TPSA) is 119 Å². The first kappa shape index (κ1) is 27.1. The maximum atomic E-state index is 14.0. The van der Waals surface area contributed by atoms with Crippen LogP contribution in [0.3, 0.4) is 0 Å². The molecular formula is C27H36F2N8O2. The Morgan fingerprint density at radius 1 is 1.08 bits per heavy atom. The van der Waals surface area contributed by atoms with Gasteiger partial charge in [-0.1, -0.05) is 6.92 Å². The van der Waals surface area contributed by atoms with Gasteiger partial charge in [-0.25, -0.2) is 27.9 Å². The molecule has 3 aromatic rings. The molecule has 2 saturated carbocycles. The van der Waals surface area contributed by atoms with E-state index in [0.29, 0.717) is 23.7 Å². The van der Waals surface area contributed by atoms with Gasteiger partial charge in [-0.15, -0.1) is 0 Å². The fourth-order valence-corrected chi connectivity index (χ4v) is 5.43. The van der Waals surface area contributed by atoms with Crippen molar-refractivity contribution in [3.63, 3.8) is 0 Å². The molecule has 3 aromatic heterocycles. The summed E-state index contributed by atoms with van der Waals surface area (Å²) < 4.78 is 31.2. The first-order valence-electron chi connectivity index (χ1n) is 13.9. The van der Waals surface area contributed by atoms with E-state index in [9.17, 15) is 18.4 Å². The van der Waals surface area contributed by atoms with Gasteiger partial charge >= 0.3 is 0 Å². The number of halogens is 2. The Hall–Kier alpha value is -3.44. The molecule has 12 heteroatoms. The van der Waals surface area contributed by atoms with Crippen LogP contribution in [0.2, 0.25) is 0 Å². The minimum absolute atomic E-state index is 0.0180. The van der Waals surface area contributed by atoms with Gasteiger partial charge < -0.3 is 10.6 Å². The summed E-state index contributed by atoms with van der Waals surface area (Å²) in [6.45, 7) is 5.77. The third-order valence-corrected chi connectivity index (χ3v) is 7.71. The first-order chi connectivity index (χ1) is 18.6. The molecule has 39 heavy (non-hydrogen) atoms. The molecule has 0 radical (unpaired) electrons. The number of aromatic nitrogens is 6. The zero-order valence-corrected chi connectivity index (χ0v) is 22.6. The fourth-order valence-electron chi connectivity index (χ4n) is 5.43. The lowest BCUT2D eigenvalue weighted by atomic mass is 9.81. The number of amides is 2. The molecule has 0 saturated heterocycles. The zero-order chi connectivity index (χ0) is 27.7. The van der Waals surface area contributed by atoms with Crippen molar-refractivity contribution in [2.24, 2.45) is 11.8 Å². The van der Waals surface area contributed by atoms with E-state index < -0.39 is 17.9 Å². The molecule has 3 heterocycles. The van der Waals surface area contributed by atoms with Gasteiger partial charge in [0.2, 0.25) is 17.7 Å². The van der Waals surface area contributed by atoms with Gasteiger partial charge in [-0.05, 0) is 69.4 Å². The molecule has 2 amide bonds. The monoisotopic (exact) mass is 542 g/mol. The smallest absolute Gasteiger partial charge is 0.289 e. The highest BCUT2D eigenvalue weighted by atomic mass is 19.3. The van der Waals surface area contributed by atoms with Crippen molar-refractivity contribution in [3.8, 4) is 0 Å². The molecule has 0 spiro atoms. The van der Waals surface area contributed by atoms with Gasteiger partial charge in [-0.3, -0.25) is 9.59 Å². The van der Waals surface area contributed by atoms with Crippen molar-refractivity contribution in [1.29, 1.82) is 0 Å². The van der Waals surface area contributed by atoms with Crippen LogP contribution in [-0.4, -0.2) is 47.1 Å². The number of carbonyl (C=O) groups excluding carboxylic acids is 2. The van der Waals surface area contributed by atoms with E-state index in [2.05, 4.69) is 25.8 Å². The van der Waals surface area contributed by atoms with E-state index in [1.165, 1.54) is 11.0 Å². The van der Waals surface area contributed by atoms with Crippen molar-refractivity contribution in [1.82, 2.24) is 40.0 Å². The van der Waals surface area contributed by atoms with E-state index in [1.54, 1.807) is 16.9 Å². The number of fused-ring (bicyclic) bond motifs is 1. The number of imidazole rings is 1. The molecule has 210 valence electrons. The maximum absolute atomic E-state index is 14.0. The molecule has 0 unspecified atom stereocenters. The second-order valence-electron chi connectivity index (χ2n) is 11.2. The SMILES string of the molecule is CCCC(=O)N[C@@H](c1cnn2cc([C@@H](NC(=O)c3ncnn3C(C)C)C3CCC(F)(F)CC3)nc2c1)C1CC1. The molecule has 0 aromatic carbocycles. The van der Waals surface area contributed by atoms with Gasteiger partial charge in [0.25, 0.3) is 5.91 Å². The van der Waals surface area contributed by atoms with E-state index in [4.69, 9.17) is 4.98 Å². The van der Waals surface area contributed by atoms with E-state index in [-0.39, 0.29) is 55.4 Å². The van der Waals surface area contributed by atoms with Crippen LogP contribution in [-0.2, 0) is 4.79 Å². The Kier molecular flexibility index (Phi) is 7.64. The van der Waals surface area contributed by atoms with Crippen LogP contribution in [0.4, 0.5) is 8.78 Å². The molecule has 2 aliphatic rings. The summed E-state index contributed by atoms with van der Waals surface area (Å²) >= 11 is 0. The van der Waals surface area contributed by atoms with Gasteiger partial charge in [0, 0.05) is 25.3 Å². The van der Waals surface area contributed by atoms with Crippen LogP contribution in [0.25, 0.3) is 5.65 Å². The molecule has 2 N–H and O–H groups in total. The van der Waals surface area contributed by atoms with Gasteiger partial charge in [0.15, 0.2) is 5.65 Å². The Balaban J connectivity index is 1.44. The third kappa shape index (κ3) is 6.09. The summed E-state index contributed by atoms with van der Waals surface area (Å²) in [4.78, 5) is 34.6. The van der Waals surface area contributed by atoms with Crippen LogP contribution in [0, 0.1) is 11.8 Å². The summed E-state index contributed by atoms with van der Waals surface area (Å²) in [6.07, 6.45) is 8.20. The van der Waals surface area contributed by atoms with Gasteiger partial charge in [0.05, 0.1) is 30.2 Å². The van der Waals surface area contributed by atoms with Gasteiger partial charge in [-0.2, -0.15) is 10.2 Å². The maximum Gasteiger partial charge on any atom is 0.289 e.